The number of fused-ring (bicyclic) bond motifs is 2. The average molecular weight is 554 g/mol. The maximum Gasteiger partial charge on any atom is 0.451 e. The number of carbonyl (C=O) groups is 1. The first-order valence-electron chi connectivity index (χ1n) is 12.1. The number of nitrogens with zero attached hydrogens (tertiary/aromatic N) is 7. The molecule has 0 saturated heterocycles. The van der Waals surface area contributed by atoms with Crippen LogP contribution in [0.5, 0.6) is 0 Å². The highest BCUT2D eigenvalue weighted by atomic mass is 32.2. The Morgan fingerprint density at radius 3 is 2.78 bits per heavy atom. The predicted octanol–water partition coefficient (Wildman–Crippen LogP) is 4.48. The van der Waals surface area contributed by atoms with Crippen LogP contribution >= 0.6 is 23.1 Å². The van der Waals surface area contributed by atoms with Crippen LogP contribution in [0.25, 0.3) is 10.2 Å². The lowest BCUT2D eigenvalue weighted by atomic mass is 10.2. The highest BCUT2D eigenvalue weighted by molar-refractivity contribution is 8.14. The van der Waals surface area contributed by atoms with Crippen molar-refractivity contribution < 1.29 is 22.7 Å². The Kier molecular flexibility index (Phi) is 7.14. The third kappa shape index (κ3) is 5.44. The van der Waals surface area contributed by atoms with Crippen molar-refractivity contribution in [2.45, 2.75) is 71.4 Å². The van der Waals surface area contributed by atoms with Crippen LogP contribution in [-0.2, 0) is 35.2 Å². The molecule has 5 rings (SSSR count). The SMILES string of the molecule is CCCc1cc2c(N3CCn4c(nnc4C(F)(F)F)C3)nc(C3=N[C@H](CC(=O)OC(C)C)CS3)nc2s1. The number of thiophene rings is 1. The zero-order valence-corrected chi connectivity index (χ0v) is 22.2. The maximum absolute atomic E-state index is 13.3. The fourth-order valence-electron chi connectivity index (χ4n) is 4.36. The van der Waals surface area contributed by atoms with Crippen molar-refractivity contribution in [2.24, 2.45) is 4.99 Å². The fourth-order valence-corrected chi connectivity index (χ4v) is 6.47. The summed E-state index contributed by atoms with van der Waals surface area (Å²) in [6.45, 7) is 6.29. The van der Waals surface area contributed by atoms with Gasteiger partial charge >= 0.3 is 12.1 Å². The van der Waals surface area contributed by atoms with E-state index in [0.29, 0.717) is 29.0 Å². The van der Waals surface area contributed by atoms with Crippen LogP contribution in [0.4, 0.5) is 19.0 Å². The number of thioether (sulfide) groups is 1. The Bertz CT molecular complexity index is 1350. The monoisotopic (exact) mass is 553 g/mol. The van der Waals surface area contributed by atoms with E-state index in [1.54, 1.807) is 25.2 Å². The van der Waals surface area contributed by atoms with E-state index in [9.17, 15) is 18.0 Å². The van der Waals surface area contributed by atoms with Crippen LogP contribution < -0.4 is 4.90 Å². The smallest absolute Gasteiger partial charge is 0.451 e. The molecular weight excluding hydrogens is 527 g/mol. The molecule has 198 valence electrons. The number of rotatable bonds is 7. The molecule has 37 heavy (non-hydrogen) atoms. The van der Waals surface area contributed by atoms with Crippen LogP contribution in [0.15, 0.2) is 11.1 Å². The molecule has 0 bridgehead atoms. The molecule has 0 unspecified atom stereocenters. The molecule has 2 aliphatic rings. The molecule has 0 N–H and O–H groups in total. The van der Waals surface area contributed by atoms with Crippen LogP contribution in [0, 0.1) is 0 Å². The van der Waals surface area contributed by atoms with Crippen molar-refractivity contribution >= 4 is 50.1 Å². The summed E-state index contributed by atoms with van der Waals surface area (Å²) in [7, 11) is 0. The summed E-state index contributed by atoms with van der Waals surface area (Å²) in [6.07, 6.45) is -2.67. The highest BCUT2D eigenvalue weighted by Crippen LogP contribution is 2.36. The molecule has 14 heteroatoms. The molecule has 1 atom stereocenters. The normalized spacial score (nSPS) is 18.0. The minimum atomic E-state index is -4.55. The third-order valence-corrected chi connectivity index (χ3v) is 8.10. The lowest BCUT2D eigenvalue weighted by Gasteiger charge is -2.29. The van der Waals surface area contributed by atoms with E-state index in [-0.39, 0.29) is 43.4 Å². The number of aryl methyl sites for hydroxylation is 1. The lowest BCUT2D eigenvalue weighted by molar-refractivity contribution is -0.148. The number of aromatic nitrogens is 5. The van der Waals surface area contributed by atoms with E-state index in [1.807, 2.05) is 4.90 Å². The summed E-state index contributed by atoms with van der Waals surface area (Å²) in [6, 6.07) is 1.85. The largest absolute Gasteiger partial charge is 0.463 e. The second kappa shape index (κ2) is 10.2. The topological polar surface area (TPSA) is 98.4 Å². The van der Waals surface area contributed by atoms with Gasteiger partial charge in [-0.2, -0.15) is 13.2 Å². The number of carbonyl (C=O) groups excluding carboxylic acids is 1. The van der Waals surface area contributed by atoms with Crippen molar-refractivity contribution in [3.05, 3.63) is 28.4 Å². The number of ether oxygens (including phenoxy) is 1. The first-order valence-corrected chi connectivity index (χ1v) is 13.9. The van der Waals surface area contributed by atoms with Crippen molar-refractivity contribution in [2.75, 3.05) is 17.2 Å². The van der Waals surface area contributed by atoms with Crippen molar-refractivity contribution in [1.82, 2.24) is 24.7 Å². The van der Waals surface area contributed by atoms with E-state index < -0.39 is 12.0 Å². The van der Waals surface area contributed by atoms with Gasteiger partial charge in [-0.05, 0) is 26.3 Å². The molecule has 0 aromatic carbocycles. The van der Waals surface area contributed by atoms with Gasteiger partial charge in [0.2, 0.25) is 5.82 Å². The van der Waals surface area contributed by atoms with Gasteiger partial charge in [0.25, 0.3) is 0 Å². The average Bonchev–Trinajstić information content (AvgIpc) is 3.55. The summed E-state index contributed by atoms with van der Waals surface area (Å²) in [5, 5.41) is 8.71. The van der Waals surface area contributed by atoms with Gasteiger partial charge < -0.3 is 14.2 Å². The minimum absolute atomic E-state index is 0.0969. The van der Waals surface area contributed by atoms with Crippen molar-refractivity contribution in [3.63, 3.8) is 0 Å². The van der Waals surface area contributed by atoms with Gasteiger partial charge in [-0.3, -0.25) is 9.79 Å². The van der Waals surface area contributed by atoms with Gasteiger partial charge in [0, 0.05) is 23.7 Å². The van der Waals surface area contributed by atoms with Gasteiger partial charge in [-0.1, -0.05) is 13.3 Å². The molecule has 9 nitrogen and oxygen atoms in total. The third-order valence-electron chi connectivity index (χ3n) is 5.90. The first-order chi connectivity index (χ1) is 17.6. The van der Waals surface area contributed by atoms with Crippen molar-refractivity contribution in [3.8, 4) is 0 Å². The number of hydrogen-bond acceptors (Lipinski definition) is 10. The fraction of sp³-hybridized carbons (Fsp3) is 0.565. The van der Waals surface area contributed by atoms with Crippen LogP contribution in [0.1, 0.15) is 56.0 Å². The number of aliphatic imine (C=N–C) groups is 1. The van der Waals surface area contributed by atoms with Gasteiger partial charge in [-0.15, -0.1) is 33.3 Å². The molecule has 0 aliphatic carbocycles. The van der Waals surface area contributed by atoms with Crippen molar-refractivity contribution in [1.29, 1.82) is 0 Å². The maximum atomic E-state index is 13.3. The summed E-state index contributed by atoms with van der Waals surface area (Å²) in [5.74, 6) is 0.702. The zero-order chi connectivity index (χ0) is 26.3. The Morgan fingerprint density at radius 1 is 1.24 bits per heavy atom. The summed E-state index contributed by atoms with van der Waals surface area (Å²) in [5.41, 5.74) is 0. The van der Waals surface area contributed by atoms with Crippen LogP contribution in [0.2, 0.25) is 0 Å². The van der Waals surface area contributed by atoms with E-state index in [0.717, 1.165) is 27.6 Å². The number of halogens is 3. The first kappa shape index (κ1) is 25.9. The molecule has 0 fully saturated rings. The van der Waals surface area contributed by atoms with Gasteiger partial charge in [-0.25, -0.2) is 9.97 Å². The highest BCUT2D eigenvalue weighted by Gasteiger charge is 2.40. The van der Waals surface area contributed by atoms with E-state index >= 15 is 0 Å². The lowest BCUT2D eigenvalue weighted by Crippen LogP contribution is -2.36. The van der Waals surface area contributed by atoms with E-state index in [4.69, 9.17) is 19.7 Å². The summed E-state index contributed by atoms with van der Waals surface area (Å²) >= 11 is 3.08. The number of alkyl halides is 3. The number of anilines is 1. The standard InChI is InChI=1S/C23H26F3N7O2S2/c1-4-5-14-9-15-19(32-6-7-33-16(10-32)30-31-22(33)23(24,25)26)28-18(29-20(15)37-14)21-27-13(11-36-21)8-17(34)35-12(2)3/h9,12-13H,4-8,10-11H2,1-3H3/t13-/m1/s1. The van der Waals surface area contributed by atoms with E-state index in [1.165, 1.54) is 16.6 Å². The predicted molar refractivity (Wildman–Crippen MR) is 136 cm³/mol. The van der Waals surface area contributed by atoms with Gasteiger partial charge in [0.15, 0.2) is 11.6 Å². The second-order valence-electron chi connectivity index (χ2n) is 9.20. The Morgan fingerprint density at radius 2 is 2.05 bits per heavy atom. The summed E-state index contributed by atoms with van der Waals surface area (Å²) in [4.78, 5) is 30.3. The molecular formula is C23H26F3N7O2S2. The quantitative estimate of drug-likeness (QED) is 0.395. The number of hydrogen-bond donors (Lipinski definition) is 0. The molecule has 5 heterocycles. The van der Waals surface area contributed by atoms with E-state index in [2.05, 4.69) is 23.2 Å². The molecule has 3 aromatic heterocycles. The summed E-state index contributed by atoms with van der Waals surface area (Å²) < 4.78 is 46.3. The molecule has 0 saturated carbocycles. The number of esters is 1. The Labute approximate surface area is 219 Å². The zero-order valence-electron chi connectivity index (χ0n) is 20.6. The van der Waals surface area contributed by atoms with Gasteiger partial charge in [0.1, 0.15) is 15.7 Å². The van der Waals surface area contributed by atoms with Crippen LogP contribution in [0.3, 0.4) is 0 Å². The molecule has 0 amide bonds. The molecule has 2 aliphatic heterocycles. The van der Waals surface area contributed by atoms with Crippen LogP contribution in [-0.4, -0.2) is 60.2 Å². The Hall–Kier alpha value is -2.74. The van der Waals surface area contributed by atoms with Gasteiger partial charge in [0.05, 0.1) is 30.5 Å². The minimum Gasteiger partial charge on any atom is -0.463 e. The Balaban J connectivity index is 1.47. The molecule has 0 radical (unpaired) electrons. The molecule has 3 aromatic rings. The second-order valence-corrected chi connectivity index (χ2v) is 11.3. The molecule has 0 spiro atoms.